The van der Waals surface area contributed by atoms with Gasteiger partial charge in [-0.25, -0.2) is 9.97 Å². The highest BCUT2D eigenvalue weighted by atomic mass is 32.2. The Balaban J connectivity index is 2.84. The Kier molecular flexibility index (Phi) is 3.92. The van der Waals surface area contributed by atoms with E-state index < -0.39 is 11.9 Å². The summed E-state index contributed by atoms with van der Waals surface area (Å²) in [6, 6.07) is 0.813. The van der Waals surface area contributed by atoms with Gasteiger partial charge in [0, 0.05) is 11.4 Å². The Morgan fingerprint density at radius 1 is 1.53 bits per heavy atom. The Labute approximate surface area is 88.7 Å². The SMILES string of the molecule is CC(CO)Sc1nccc(C(F)(F)F)n1. The average Bonchev–Trinajstić information content (AvgIpc) is 2.17. The Morgan fingerprint density at radius 2 is 2.20 bits per heavy atom. The van der Waals surface area contributed by atoms with Crippen LogP contribution in [-0.2, 0) is 6.18 Å². The van der Waals surface area contributed by atoms with E-state index in [1.165, 1.54) is 0 Å². The number of alkyl halides is 3. The number of rotatable bonds is 3. The molecule has 1 unspecified atom stereocenters. The predicted octanol–water partition coefficient (Wildman–Crippen LogP) is 1.97. The van der Waals surface area contributed by atoms with Crippen LogP contribution in [-0.4, -0.2) is 26.9 Å². The fourth-order valence-corrected chi connectivity index (χ4v) is 1.48. The summed E-state index contributed by atoms with van der Waals surface area (Å²) in [6.07, 6.45) is -3.40. The fourth-order valence-electron chi connectivity index (χ4n) is 0.773. The molecular weight excluding hydrogens is 229 g/mol. The highest BCUT2D eigenvalue weighted by Crippen LogP contribution is 2.28. The molecule has 0 radical (unpaired) electrons. The van der Waals surface area contributed by atoms with Gasteiger partial charge in [0.15, 0.2) is 5.16 Å². The van der Waals surface area contributed by atoms with Gasteiger partial charge in [0.05, 0.1) is 6.61 Å². The van der Waals surface area contributed by atoms with Crippen molar-refractivity contribution in [1.82, 2.24) is 9.97 Å². The summed E-state index contributed by atoms with van der Waals surface area (Å²) < 4.78 is 36.7. The monoisotopic (exact) mass is 238 g/mol. The molecule has 0 saturated heterocycles. The van der Waals surface area contributed by atoms with Gasteiger partial charge in [-0.1, -0.05) is 18.7 Å². The number of hydrogen-bond donors (Lipinski definition) is 1. The van der Waals surface area contributed by atoms with Gasteiger partial charge in [-0.3, -0.25) is 0 Å². The van der Waals surface area contributed by atoms with Gasteiger partial charge in [0.25, 0.3) is 0 Å². The molecule has 0 saturated carbocycles. The minimum absolute atomic E-state index is 0.0198. The van der Waals surface area contributed by atoms with Crippen LogP contribution in [0.1, 0.15) is 12.6 Å². The van der Waals surface area contributed by atoms with E-state index in [1.807, 2.05) is 0 Å². The number of aliphatic hydroxyl groups is 1. The summed E-state index contributed by atoms with van der Waals surface area (Å²) >= 11 is 1.00. The molecule has 84 valence electrons. The van der Waals surface area contributed by atoms with Crippen LogP contribution in [0, 0.1) is 0 Å². The van der Waals surface area contributed by atoms with Gasteiger partial charge in [0.2, 0.25) is 0 Å². The molecule has 1 aromatic heterocycles. The second-order valence-corrected chi connectivity index (χ2v) is 4.24. The van der Waals surface area contributed by atoms with Gasteiger partial charge in [0.1, 0.15) is 5.69 Å². The quantitative estimate of drug-likeness (QED) is 0.646. The zero-order valence-electron chi connectivity index (χ0n) is 7.82. The van der Waals surface area contributed by atoms with Crippen molar-refractivity contribution in [2.45, 2.75) is 23.5 Å². The van der Waals surface area contributed by atoms with E-state index in [0.717, 1.165) is 24.0 Å². The van der Waals surface area contributed by atoms with Crippen LogP contribution in [0.5, 0.6) is 0 Å². The predicted molar refractivity (Wildman–Crippen MR) is 49.4 cm³/mol. The van der Waals surface area contributed by atoms with Crippen LogP contribution >= 0.6 is 11.8 Å². The highest BCUT2D eigenvalue weighted by Gasteiger charge is 2.32. The standard InChI is InChI=1S/C8H9F3N2OS/c1-5(4-14)15-7-12-3-2-6(13-7)8(9,10)11/h2-3,5,14H,4H2,1H3. The first-order valence-corrected chi connectivity index (χ1v) is 4.99. The Bertz CT molecular complexity index is 332. The number of halogens is 3. The lowest BCUT2D eigenvalue weighted by atomic mass is 10.4. The molecule has 0 aliphatic heterocycles. The molecule has 0 aliphatic rings. The molecule has 0 spiro atoms. The lowest BCUT2D eigenvalue weighted by Crippen LogP contribution is -2.10. The molecular formula is C8H9F3N2OS. The number of aliphatic hydroxyl groups excluding tert-OH is 1. The summed E-state index contributed by atoms with van der Waals surface area (Å²) in [6.45, 7) is 1.54. The van der Waals surface area contributed by atoms with Crippen molar-refractivity contribution in [3.8, 4) is 0 Å². The first-order chi connectivity index (χ1) is 6.93. The largest absolute Gasteiger partial charge is 0.433 e. The van der Waals surface area contributed by atoms with Crippen LogP contribution in [0.15, 0.2) is 17.4 Å². The van der Waals surface area contributed by atoms with Gasteiger partial charge in [-0.05, 0) is 6.07 Å². The van der Waals surface area contributed by atoms with Crippen molar-refractivity contribution >= 4 is 11.8 Å². The van der Waals surface area contributed by atoms with Crippen LogP contribution in [0.4, 0.5) is 13.2 Å². The van der Waals surface area contributed by atoms with Crippen LogP contribution in [0.2, 0.25) is 0 Å². The van der Waals surface area contributed by atoms with E-state index in [-0.39, 0.29) is 17.0 Å². The van der Waals surface area contributed by atoms with Crippen molar-refractivity contribution < 1.29 is 18.3 Å². The average molecular weight is 238 g/mol. The lowest BCUT2D eigenvalue weighted by molar-refractivity contribution is -0.141. The van der Waals surface area contributed by atoms with Crippen molar-refractivity contribution in [1.29, 1.82) is 0 Å². The molecule has 3 nitrogen and oxygen atoms in total. The van der Waals surface area contributed by atoms with E-state index in [1.54, 1.807) is 6.92 Å². The molecule has 0 aliphatic carbocycles. The number of thioether (sulfide) groups is 1. The zero-order valence-corrected chi connectivity index (χ0v) is 8.64. The van der Waals surface area contributed by atoms with Crippen LogP contribution in [0.3, 0.4) is 0 Å². The maximum absolute atomic E-state index is 12.2. The zero-order chi connectivity index (χ0) is 11.5. The molecule has 0 bridgehead atoms. The fraction of sp³-hybridized carbons (Fsp3) is 0.500. The molecule has 15 heavy (non-hydrogen) atoms. The van der Waals surface area contributed by atoms with Gasteiger partial charge >= 0.3 is 6.18 Å². The third-order valence-electron chi connectivity index (χ3n) is 1.49. The summed E-state index contributed by atoms with van der Waals surface area (Å²) in [5.41, 5.74) is -0.967. The number of aromatic nitrogens is 2. The maximum atomic E-state index is 12.2. The Hall–Kier alpha value is -0.820. The topological polar surface area (TPSA) is 46.0 Å². The Morgan fingerprint density at radius 3 is 2.73 bits per heavy atom. The van der Waals surface area contributed by atoms with Gasteiger partial charge in [-0.2, -0.15) is 13.2 Å². The normalized spacial score (nSPS) is 13.9. The molecule has 1 atom stereocenters. The summed E-state index contributed by atoms with van der Waals surface area (Å²) in [4.78, 5) is 7.03. The summed E-state index contributed by atoms with van der Waals surface area (Å²) in [5, 5.41) is 8.52. The third kappa shape index (κ3) is 3.67. The minimum atomic E-state index is -4.46. The van der Waals surface area contributed by atoms with Crippen molar-refractivity contribution in [2.75, 3.05) is 6.61 Å². The van der Waals surface area contributed by atoms with Gasteiger partial charge < -0.3 is 5.11 Å². The van der Waals surface area contributed by atoms with Crippen LogP contribution < -0.4 is 0 Å². The van der Waals surface area contributed by atoms with Crippen molar-refractivity contribution in [3.05, 3.63) is 18.0 Å². The molecule has 0 fully saturated rings. The van der Waals surface area contributed by atoms with E-state index in [0.29, 0.717) is 0 Å². The van der Waals surface area contributed by atoms with E-state index >= 15 is 0 Å². The minimum Gasteiger partial charge on any atom is -0.395 e. The first kappa shape index (κ1) is 12.3. The third-order valence-corrected chi connectivity index (χ3v) is 2.45. The lowest BCUT2D eigenvalue weighted by Gasteiger charge is -2.08. The molecule has 7 heteroatoms. The second kappa shape index (κ2) is 4.80. The smallest absolute Gasteiger partial charge is 0.395 e. The second-order valence-electron chi connectivity index (χ2n) is 2.83. The molecule has 0 amide bonds. The van der Waals surface area contributed by atoms with Crippen molar-refractivity contribution in [3.63, 3.8) is 0 Å². The van der Waals surface area contributed by atoms with Gasteiger partial charge in [-0.15, -0.1) is 0 Å². The number of nitrogens with zero attached hydrogens (tertiary/aromatic N) is 2. The van der Waals surface area contributed by atoms with E-state index in [9.17, 15) is 13.2 Å². The maximum Gasteiger partial charge on any atom is 0.433 e. The summed E-state index contributed by atoms with van der Waals surface area (Å²) in [7, 11) is 0. The molecule has 1 aromatic rings. The number of hydrogen-bond acceptors (Lipinski definition) is 4. The molecule has 1 rings (SSSR count). The van der Waals surface area contributed by atoms with E-state index in [2.05, 4.69) is 9.97 Å². The van der Waals surface area contributed by atoms with Crippen LogP contribution in [0.25, 0.3) is 0 Å². The molecule has 1 N–H and O–H groups in total. The van der Waals surface area contributed by atoms with E-state index in [4.69, 9.17) is 5.11 Å². The highest BCUT2D eigenvalue weighted by molar-refractivity contribution is 7.99. The van der Waals surface area contributed by atoms with Crippen molar-refractivity contribution in [2.24, 2.45) is 0 Å². The first-order valence-electron chi connectivity index (χ1n) is 4.11. The molecule has 0 aromatic carbocycles. The summed E-state index contributed by atoms with van der Waals surface area (Å²) in [5.74, 6) is 0. The molecule has 1 heterocycles.